The Morgan fingerprint density at radius 3 is 2.76 bits per heavy atom. The third-order valence-corrected chi connectivity index (χ3v) is 2.06. The molecule has 0 saturated heterocycles. The molecular formula is C11H13N3O3. The highest BCUT2D eigenvalue weighted by atomic mass is 16.5. The van der Waals surface area contributed by atoms with Crippen LogP contribution >= 0.6 is 0 Å². The van der Waals surface area contributed by atoms with Crippen molar-refractivity contribution in [3.8, 4) is 5.75 Å². The molecule has 6 nitrogen and oxygen atoms in total. The van der Waals surface area contributed by atoms with E-state index in [-0.39, 0.29) is 18.3 Å². The Bertz CT molecular complexity index is 424. The second kappa shape index (κ2) is 6.40. The summed E-state index contributed by atoms with van der Waals surface area (Å²) in [6, 6.07) is 5.80. The predicted octanol–water partition coefficient (Wildman–Crippen LogP) is 2.50. The molecule has 0 aromatic heterocycles. The lowest BCUT2D eigenvalue weighted by Crippen LogP contribution is -2.13. The average Bonchev–Trinajstić information content (AvgIpc) is 2.34. The standard InChI is InChI=1S/C11H13N3O3/c1-8(6-13-14-12)7-17-11(16)9-2-4-10(15)5-3-9/h2-5,8,15H,6-7H2,1H3/t8-/m0/s1. The third-order valence-electron chi connectivity index (χ3n) is 2.06. The van der Waals surface area contributed by atoms with Gasteiger partial charge in [-0.1, -0.05) is 12.0 Å². The second-order valence-electron chi connectivity index (χ2n) is 3.66. The number of nitrogens with zero attached hydrogens (tertiary/aromatic N) is 3. The smallest absolute Gasteiger partial charge is 0.338 e. The molecule has 0 heterocycles. The number of rotatable bonds is 5. The zero-order valence-electron chi connectivity index (χ0n) is 9.41. The van der Waals surface area contributed by atoms with Gasteiger partial charge in [-0.05, 0) is 35.7 Å². The Kier molecular flexibility index (Phi) is 4.84. The summed E-state index contributed by atoms with van der Waals surface area (Å²) < 4.78 is 5.02. The SMILES string of the molecule is C[C@@H](CN=[N+]=[N-])COC(=O)c1ccc(O)cc1. The van der Waals surface area contributed by atoms with Crippen LogP contribution in [0.2, 0.25) is 0 Å². The van der Waals surface area contributed by atoms with Crippen molar-refractivity contribution in [1.82, 2.24) is 0 Å². The van der Waals surface area contributed by atoms with E-state index in [1.807, 2.05) is 6.92 Å². The number of phenolic OH excluding ortho intramolecular Hbond substituents is 1. The molecule has 6 heteroatoms. The highest BCUT2D eigenvalue weighted by molar-refractivity contribution is 5.89. The topological polar surface area (TPSA) is 95.3 Å². The Morgan fingerprint density at radius 1 is 1.53 bits per heavy atom. The number of carbonyl (C=O) groups excluding carboxylic acids is 1. The average molecular weight is 235 g/mol. The maximum atomic E-state index is 11.5. The van der Waals surface area contributed by atoms with Crippen LogP contribution in [0.4, 0.5) is 0 Å². The fraction of sp³-hybridized carbons (Fsp3) is 0.364. The van der Waals surface area contributed by atoms with Gasteiger partial charge in [-0.2, -0.15) is 0 Å². The van der Waals surface area contributed by atoms with Gasteiger partial charge in [0.2, 0.25) is 0 Å². The van der Waals surface area contributed by atoms with E-state index in [9.17, 15) is 4.79 Å². The maximum absolute atomic E-state index is 11.5. The second-order valence-corrected chi connectivity index (χ2v) is 3.66. The van der Waals surface area contributed by atoms with E-state index in [4.69, 9.17) is 15.4 Å². The fourth-order valence-electron chi connectivity index (χ4n) is 1.13. The Hall–Kier alpha value is -2.20. The van der Waals surface area contributed by atoms with Crippen molar-refractivity contribution in [2.45, 2.75) is 6.92 Å². The highest BCUT2D eigenvalue weighted by Crippen LogP contribution is 2.11. The lowest BCUT2D eigenvalue weighted by molar-refractivity contribution is 0.0454. The lowest BCUT2D eigenvalue weighted by Gasteiger charge is -2.09. The van der Waals surface area contributed by atoms with Crippen LogP contribution in [0.1, 0.15) is 17.3 Å². The molecule has 90 valence electrons. The summed E-state index contributed by atoms with van der Waals surface area (Å²) in [6.45, 7) is 2.30. The van der Waals surface area contributed by atoms with E-state index in [2.05, 4.69) is 10.0 Å². The van der Waals surface area contributed by atoms with Crippen molar-refractivity contribution in [3.63, 3.8) is 0 Å². The van der Waals surface area contributed by atoms with Crippen molar-refractivity contribution in [3.05, 3.63) is 40.3 Å². The summed E-state index contributed by atoms with van der Waals surface area (Å²) in [6.07, 6.45) is 0. The molecule has 0 aliphatic rings. The molecule has 1 aromatic rings. The first-order chi connectivity index (χ1) is 8.13. The van der Waals surface area contributed by atoms with Crippen molar-refractivity contribution in [2.75, 3.05) is 13.2 Å². The molecule has 0 saturated carbocycles. The highest BCUT2D eigenvalue weighted by Gasteiger charge is 2.09. The number of hydrogen-bond donors (Lipinski definition) is 1. The zero-order valence-corrected chi connectivity index (χ0v) is 9.41. The first-order valence-corrected chi connectivity index (χ1v) is 5.10. The van der Waals surface area contributed by atoms with Gasteiger partial charge in [0.25, 0.3) is 0 Å². The number of phenols is 1. The number of benzene rings is 1. The van der Waals surface area contributed by atoms with Gasteiger partial charge in [-0.15, -0.1) is 0 Å². The summed E-state index contributed by atoms with van der Waals surface area (Å²) >= 11 is 0. The van der Waals surface area contributed by atoms with Crippen LogP contribution in [0.3, 0.4) is 0 Å². The molecule has 0 unspecified atom stereocenters. The van der Waals surface area contributed by atoms with Crippen LogP contribution in [-0.4, -0.2) is 24.2 Å². The summed E-state index contributed by atoms with van der Waals surface area (Å²) in [7, 11) is 0. The van der Waals surface area contributed by atoms with Crippen LogP contribution in [0.15, 0.2) is 29.4 Å². The van der Waals surface area contributed by atoms with Gasteiger partial charge < -0.3 is 9.84 Å². The summed E-state index contributed by atoms with van der Waals surface area (Å²) in [4.78, 5) is 14.2. The van der Waals surface area contributed by atoms with E-state index in [1.165, 1.54) is 24.3 Å². The molecule has 0 radical (unpaired) electrons. The van der Waals surface area contributed by atoms with Gasteiger partial charge in [0, 0.05) is 11.5 Å². The van der Waals surface area contributed by atoms with Gasteiger partial charge in [-0.25, -0.2) is 4.79 Å². The Morgan fingerprint density at radius 2 is 2.18 bits per heavy atom. The summed E-state index contributed by atoms with van der Waals surface area (Å²) in [5, 5.41) is 12.4. The molecule has 0 amide bonds. The monoisotopic (exact) mass is 235 g/mol. The van der Waals surface area contributed by atoms with Crippen molar-refractivity contribution >= 4 is 5.97 Å². The molecule has 1 rings (SSSR count). The number of carbonyl (C=O) groups is 1. The van der Waals surface area contributed by atoms with Crippen LogP contribution in [0.25, 0.3) is 10.4 Å². The van der Waals surface area contributed by atoms with E-state index in [1.54, 1.807) is 0 Å². The van der Waals surface area contributed by atoms with Gasteiger partial charge in [0.15, 0.2) is 0 Å². The quantitative estimate of drug-likeness (QED) is 0.367. The van der Waals surface area contributed by atoms with Gasteiger partial charge in [0.1, 0.15) is 5.75 Å². The molecular weight excluding hydrogens is 222 g/mol. The molecule has 0 aliphatic heterocycles. The number of ether oxygens (including phenoxy) is 1. The van der Waals surface area contributed by atoms with Gasteiger partial charge in [-0.3, -0.25) is 0 Å². The van der Waals surface area contributed by atoms with Crippen molar-refractivity contribution in [2.24, 2.45) is 11.0 Å². The van der Waals surface area contributed by atoms with Crippen molar-refractivity contribution in [1.29, 1.82) is 0 Å². The Labute approximate surface area is 98.5 Å². The molecule has 1 atom stereocenters. The number of azide groups is 1. The molecule has 1 N–H and O–H groups in total. The number of hydrogen-bond acceptors (Lipinski definition) is 4. The van der Waals surface area contributed by atoms with E-state index < -0.39 is 5.97 Å². The first kappa shape index (κ1) is 12.9. The van der Waals surface area contributed by atoms with Crippen LogP contribution in [0, 0.1) is 5.92 Å². The number of esters is 1. The molecule has 0 spiro atoms. The predicted molar refractivity (Wildman–Crippen MR) is 61.6 cm³/mol. The van der Waals surface area contributed by atoms with E-state index >= 15 is 0 Å². The van der Waals surface area contributed by atoms with Crippen LogP contribution in [0.5, 0.6) is 5.75 Å². The minimum Gasteiger partial charge on any atom is -0.508 e. The maximum Gasteiger partial charge on any atom is 0.338 e. The fourth-order valence-corrected chi connectivity index (χ4v) is 1.13. The number of aromatic hydroxyl groups is 1. The summed E-state index contributed by atoms with van der Waals surface area (Å²) in [5.74, 6) is -0.386. The molecule has 0 bridgehead atoms. The molecule has 17 heavy (non-hydrogen) atoms. The Balaban J connectivity index is 2.44. The molecule has 1 aromatic carbocycles. The lowest BCUT2D eigenvalue weighted by atomic mass is 10.2. The molecule has 0 fully saturated rings. The van der Waals surface area contributed by atoms with Gasteiger partial charge in [0.05, 0.1) is 12.2 Å². The first-order valence-electron chi connectivity index (χ1n) is 5.10. The normalized spacial score (nSPS) is 11.4. The summed E-state index contributed by atoms with van der Waals surface area (Å²) in [5.41, 5.74) is 8.50. The van der Waals surface area contributed by atoms with Crippen molar-refractivity contribution < 1.29 is 14.6 Å². The molecule has 0 aliphatic carbocycles. The van der Waals surface area contributed by atoms with E-state index in [0.29, 0.717) is 12.1 Å². The zero-order chi connectivity index (χ0) is 12.7. The minimum absolute atomic E-state index is 0.0213. The largest absolute Gasteiger partial charge is 0.508 e. The third kappa shape index (κ3) is 4.44. The van der Waals surface area contributed by atoms with Crippen LogP contribution < -0.4 is 0 Å². The van der Waals surface area contributed by atoms with E-state index in [0.717, 1.165) is 0 Å². The van der Waals surface area contributed by atoms with Crippen LogP contribution in [-0.2, 0) is 4.74 Å². The minimum atomic E-state index is -0.460. The van der Waals surface area contributed by atoms with Gasteiger partial charge >= 0.3 is 5.97 Å².